The van der Waals surface area contributed by atoms with E-state index in [1.165, 1.54) is 11.5 Å². The minimum absolute atomic E-state index is 0.0137. The number of carbonyl (C=O) groups is 1. The Kier molecular flexibility index (Phi) is 5.32. The van der Waals surface area contributed by atoms with Gasteiger partial charge in [0, 0.05) is 11.9 Å². The third-order valence-electron chi connectivity index (χ3n) is 4.01. The summed E-state index contributed by atoms with van der Waals surface area (Å²) in [5.41, 5.74) is 2.23. The van der Waals surface area contributed by atoms with Crippen LogP contribution < -0.4 is 5.48 Å². The molecule has 0 bridgehead atoms. The number of benzene rings is 3. The average molecular weight is 370 g/mol. The van der Waals surface area contributed by atoms with Crippen LogP contribution in [0.1, 0.15) is 5.56 Å². The second-order valence-corrected chi connectivity index (χ2v) is 7.68. The summed E-state index contributed by atoms with van der Waals surface area (Å²) in [6, 6.07) is 21.2. The third-order valence-corrected chi connectivity index (χ3v) is 5.86. The highest BCUT2D eigenvalue weighted by atomic mass is 32.2. The smallest absolute Gasteiger partial charge is 0.258 e. The van der Waals surface area contributed by atoms with Crippen LogP contribution in [0.15, 0.2) is 77.7 Å². The lowest BCUT2D eigenvalue weighted by Gasteiger charge is -2.22. The monoisotopic (exact) mass is 370 g/mol. The van der Waals surface area contributed by atoms with E-state index in [4.69, 9.17) is 5.21 Å². The molecule has 3 aromatic carbocycles. The fourth-order valence-corrected chi connectivity index (χ4v) is 4.37. The number of fused-ring (bicyclic) bond motifs is 1. The van der Waals surface area contributed by atoms with E-state index in [0.717, 1.165) is 15.3 Å². The topological polar surface area (TPSA) is 86.7 Å². The van der Waals surface area contributed by atoms with E-state index < -0.39 is 22.5 Å². The van der Waals surface area contributed by atoms with Gasteiger partial charge in [0.15, 0.2) is 0 Å². The summed E-state index contributed by atoms with van der Waals surface area (Å²) in [6.07, 6.45) is 0. The van der Waals surface area contributed by atoms with E-state index in [-0.39, 0.29) is 11.4 Å². The molecular formula is C19H18N2O4S. The van der Waals surface area contributed by atoms with Crippen molar-refractivity contribution in [3.05, 3.63) is 78.4 Å². The molecule has 0 aliphatic heterocycles. The van der Waals surface area contributed by atoms with Gasteiger partial charge in [-0.2, -0.15) is 4.31 Å². The van der Waals surface area contributed by atoms with Crippen LogP contribution >= 0.6 is 0 Å². The van der Waals surface area contributed by atoms with E-state index in [2.05, 4.69) is 0 Å². The standard InChI is InChI=1S/C19H18N2O4S/c22-19(20-23)14-21(13-15-7-2-1-3-8-15)26(24,25)18-12-6-10-16-9-4-5-11-17(16)18/h1-12,23H,13-14H2,(H,20,22). The highest BCUT2D eigenvalue weighted by molar-refractivity contribution is 7.89. The maximum atomic E-state index is 13.3. The summed E-state index contributed by atoms with van der Waals surface area (Å²) in [5, 5.41) is 10.2. The molecule has 0 atom stereocenters. The maximum absolute atomic E-state index is 13.3. The number of rotatable bonds is 6. The van der Waals surface area contributed by atoms with Crippen molar-refractivity contribution in [1.29, 1.82) is 0 Å². The van der Waals surface area contributed by atoms with Gasteiger partial charge in [0.05, 0.1) is 11.4 Å². The number of hydroxylamine groups is 1. The van der Waals surface area contributed by atoms with Gasteiger partial charge < -0.3 is 0 Å². The number of hydrogen-bond donors (Lipinski definition) is 2. The maximum Gasteiger partial charge on any atom is 0.258 e. The molecular weight excluding hydrogens is 352 g/mol. The van der Waals surface area contributed by atoms with Crippen LogP contribution in [-0.2, 0) is 21.4 Å². The normalized spacial score (nSPS) is 11.6. The van der Waals surface area contributed by atoms with Crippen LogP contribution in [0.5, 0.6) is 0 Å². The van der Waals surface area contributed by atoms with E-state index in [0.29, 0.717) is 5.39 Å². The Morgan fingerprint density at radius 3 is 2.31 bits per heavy atom. The fourth-order valence-electron chi connectivity index (χ4n) is 2.77. The van der Waals surface area contributed by atoms with Crippen molar-refractivity contribution in [2.24, 2.45) is 0 Å². The Hall–Kier alpha value is -2.74. The van der Waals surface area contributed by atoms with E-state index >= 15 is 0 Å². The lowest BCUT2D eigenvalue weighted by Crippen LogP contribution is -2.39. The summed E-state index contributed by atoms with van der Waals surface area (Å²) in [4.78, 5) is 11.8. The van der Waals surface area contributed by atoms with Gasteiger partial charge in [-0.05, 0) is 17.0 Å². The molecule has 0 unspecified atom stereocenters. The molecule has 3 rings (SSSR count). The van der Waals surface area contributed by atoms with Gasteiger partial charge in [0.2, 0.25) is 10.0 Å². The molecule has 0 spiro atoms. The highest BCUT2D eigenvalue weighted by Crippen LogP contribution is 2.26. The van der Waals surface area contributed by atoms with Gasteiger partial charge >= 0.3 is 0 Å². The Labute approximate surface area is 151 Å². The van der Waals surface area contributed by atoms with Crippen LogP contribution in [0.2, 0.25) is 0 Å². The van der Waals surface area contributed by atoms with Crippen molar-refractivity contribution in [1.82, 2.24) is 9.79 Å². The molecule has 0 aromatic heterocycles. The van der Waals surface area contributed by atoms with Gasteiger partial charge in [-0.3, -0.25) is 10.0 Å². The van der Waals surface area contributed by atoms with Crippen LogP contribution in [-0.4, -0.2) is 30.4 Å². The molecule has 0 heterocycles. The molecule has 0 saturated heterocycles. The second-order valence-electron chi connectivity index (χ2n) is 5.77. The zero-order valence-corrected chi connectivity index (χ0v) is 14.7. The molecule has 0 fully saturated rings. The minimum Gasteiger partial charge on any atom is -0.289 e. The predicted molar refractivity (Wildman–Crippen MR) is 97.9 cm³/mol. The molecule has 6 nitrogen and oxygen atoms in total. The average Bonchev–Trinajstić information content (AvgIpc) is 2.67. The first kappa shape index (κ1) is 18.1. The molecule has 0 saturated carbocycles. The van der Waals surface area contributed by atoms with Crippen molar-refractivity contribution in [2.45, 2.75) is 11.4 Å². The van der Waals surface area contributed by atoms with Crippen molar-refractivity contribution in [3.8, 4) is 0 Å². The summed E-state index contributed by atoms with van der Waals surface area (Å²) in [7, 11) is -3.97. The summed E-state index contributed by atoms with van der Waals surface area (Å²) in [6.45, 7) is -0.475. The van der Waals surface area contributed by atoms with Crippen LogP contribution in [0.3, 0.4) is 0 Å². The number of nitrogens with zero attached hydrogens (tertiary/aromatic N) is 1. The summed E-state index contributed by atoms with van der Waals surface area (Å²) in [5.74, 6) is -0.801. The Bertz CT molecular complexity index is 1010. The highest BCUT2D eigenvalue weighted by Gasteiger charge is 2.28. The molecule has 1 amide bonds. The largest absolute Gasteiger partial charge is 0.289 e. The zero-order valence-electron chi connectivity index (χ0n) is 13.9. The predicted octanol–water partition coefficient (Wildman–Crippen LogP) is 2.54. The first-order valence-corrected chi connectivity index (χ1v) is 9.41. The molecule has 26 heavy (non-hydrogen) atoms. The quantitative estimate of drug-likeness (QED) is 0.516. The van der Waals surface area contributed by atoms with Crippen LogP contribution in [0, 0.1) is 0 Å². The Balaban J connectivity index is 2.07. The van der Waals surface area contributed by atoms with E-state index in [1.807, 2.05) is 24.3 Å². The number of sulfonamides is 1. The van der Waals surface area contributed by atoms with Crippen LogP contribution in [0.25, 0.3) is 10.8 Å². The van der Waals surface area contributed by atoms with Gasteiger partial charge in [0.25, 0.3) is 5.91 Å². The Morgan fingerprint density at radius 1 is 0.923 bits per heavy atom. The second kappa shape index (κ2) is 7.65. The lowest BCUT2D eigenvalue weighted by molar-refractivity contribution is -0.129. The first-order valence-electron chi connectivity index (χ1n) is 7.97. The van der Waals surface area contributed by atoms with E-state index in [1.54, 1.807) is 42.5 Å². The third kappa shape index (κ3) is 3.75. The van der Waals surface area contributed by atoms with Gasteiger partial charge in [-0.15, -0.1) is 0 Å². The van der Waals surface area contributed by atoms with Crippen molar-refractivity contribution >= 4 is 26.7 Å². The first-order chi connectivity index (χ1) is 12.5. The fraction of sp³-hybridized carbons (Fsp3) is 0.105. The molecule has 2 N–H and O–H groups in total. The number of carbonyl (C=O) groups excluding carboxylic acids is 1. The number of nitrogens with one attached hydrogen (secondary N) is 1. The van der Waals surface area contributed by atoms with Crippen LogP contribution in [0.4, 0.5) is 0 Å². The SMILES string of the molecule is O=C(CN(Cc1ccccc1)S(=O)(=O)c1cccc2ccccc12)NO. The molecule has 7 heteroatoms. The molecule has 0 radical (unpaired) electrons. The van der Waals surface area contributed by atoms with E-state index in [9.17, 15) is 13.2 Å². The summed E-state index contributed by atoms with van der Waals surface area (Å²) >= 11 is 0. The molecule has 134 valence electrons. The van der Waals surface area contributed by atoms with Crippen molar-refractivity contribution in [2.75, 3.05) is 6.54 Å². The minimum atomic E-state index is -3.97. The van der Waals surface area contributed by atoms with Crippen molar-refractivity contribution in [3.63, 3.8) is 0 Å². The van der Waals surface area contributed by atoms with Gasteiger partial charge in [-0.25, -0.2) is 13.9 Å². The lowest BCUT2D eigenvalue weighted by atomic mass is 10.1. The molecule has 0 aliphatic rings. The van der Waals surface area contributed by atoms with Crippen molar-refractivity contribution < 1.29 is 18.4 Å². The Morgan fingerprint density at radius 2 is 1.58 bits per heavy atom. The molecule has 0 aliphatic carbocycles. The zero-order chi connectivity index (χ0) is 18.6. The van der Waals surface area contributed by atoms with Gasteiger partial charge in [0.1, 0.15) is 0 Å². The number of hydrogen-bond acceptors (Lipinski definition) is 4. The summed E-state index contributed by atoms with van der Waals surface area (Å²) < 4.78 is 27.6. The molecule has 3 aromatic rings. The number of amides is 1. The van der Waals surface area contributed by atoms with Gasteiger partial charge in [-0.1, -0.05) is 66.7 Å².